The quantitative estimate of drug-likeness (QED) is 0.494. The van der Waals surface area contributed by atoms with Gasteiger partial charge in [0.15, 0.2) is 0 Å². The van der Waals surface area contributed by atoms with Gasteiger partial charge in [0.2, 0.25) is 0 Å². The molecule has 0 unspecified atom stereocenters. The molecule has 0 amide bonds. The molecule has 0 aliphatic heterocycles. The Kier molecular flexibility index (Phi) is 18.9. The molecule has 100 valence electrons. The average Bonchev–Trinajstić information content (AvgIpc) is 2.38. The largest absolute Gasteiger partial charge is 0.330 e. The van der Waals surface area contributed by atoms with Crippen LogP contribution in [-0.2, 0) is 0 Å². The summed E-state index contributed by atoms with van der Waals surface area (Å²) in [4.78, 5) is 2.40. The van der Waals surface area contributed by atoms with E-state index in [0.29, 0.717) is 0 Å². The lowest BCUT2D eigenvalue weighted by atomic mass is 10.3. The second-order valence-electron chi connectivity index (χ2n) is 3.60. The van der Waals surface area contributed by atoms with E-state index in [0.717, 1.165) is 58.5 Å². The van der Waals surface area contributed by atoms with E-state index in [2.05, 4.69) is 11.5 Å². The Labute approximate surface area is 105 Å². The minimum atomic E-state index is 0.766. The highest BCUT2D eigenvalue weighted by Gasteiger charge is 2.02. The molecule has 5 nitrogen and oxygen atoms in total. The van der Waals surface area contributed by atoms with E-state index < -0.39 is 0 Å². The molecule has 0 aliphatic rings. The summed E-state index contributed by atoms with van der Waals surface area (Å²) in [5.41, 5.74) is 16.4. The predicted molar refractivity (Wildman–Crippen MR) is 73.3 cm³/mol. The van der Waals surface area contributed by atoms with Gasteiger partial charge in [-0.1, -0.05) is 6.58 Å². The van der Waals surface area contributed by atoms with Crippen LogP contribution in [0.2, 0.25) is 0 Å². The molecule has 0 radical (unpaired) electrons. The van der Waals surface area contributed by atoms with Gasteiger partial charge in [0.05, 0.1) is 6.07 Å². The zero-order valence-electron chi connectivity index (χ0n) is 10.8. The Hall–Kier alpha value is -0.930. The van der Waals surface area contributed by atoms with Crippen molar-refractivity contribution in [2.24, 2.45) is 17.2 Å². The predicted octanol–water partition coefficient (Wildman–Crippen LogP) is 0.0308. The molecule has 0 saturated carbocycles. The van der Waals surface area contributed by atoms with Crippen LogP contribution in [0.4, 0.5) is 0 Å². The molecule has 17 heavy (non-hydrogen) atoms. The molecule has 0 fully saturated rings. The van der Waals surface area contributed by atoms with Crippen LogP contribution >= 0.6 is 0 Å². The third kappa shape index (κ3) is 17.7. The van der Waals surface area contributed by atoms with E-state index in [1.807, 2.05) is 0 Å². The monoisotopic (exact) mass is 241 g/mol. The van der Waals surface area contributed by atoms with Crippen LogP contribution in [0.25, 0.3) is 0 Å². The van der Waals surface area contributed by atoms with E-state index in [-0.39, 0.29) is 0 Å². The summed E-state index contributed by atoms with van der Waals surface area (Å²) in [5, 5.41) is 7.51. The number of hydrogen-bond acceptors (Lipinski definition) is 5. The van der Waals surface area contributed by atoms with Gasteiger partial charge in [-0.2, -0.15) is 5.26 Å². The SMILES string of the molecule is C=CC#N.NCCCN(CCCN)CCCN. The third-order valence-electron chi connectivity index (χ3n) is 2.13. The lowest BCUT2D eigenvalue weighted by Crippen LogP contribution is -2.30. The first-order valence-electron chi connectivity index (χ1n) is 6.09. The van der Waals surface area contributed by atoms with Gasteiger partial charge in [0.1, 0.15) is 0 Å². The van der Waals surface area contributed by atoms with Crippen LogP contribution in [0.3, 0.4) is 0 Å². The zero-order chi connectivity index (χ0) is 13.4. The summed E-state index contributed by atoms with van der Waals surface area (Å²) >= 11 is 0. The van der Waals surface area contributed by atoms with Crippen molar-refractivity contribution < 1.29 is 0 Å². The molecular weight excluding hydrogens is 214 g/mol. The molecule has 0 spiro atoms. The fourth-order valence-corrected chi connectivity index (χ4v) is 1.28. The second-order valence-corrected chi connectivity index (χ2v) is 3.60. The smallest absolute Gasteiger partial charge is 0.0905 e. The van der Waals surface area contributed by atoms with Gasteiger partial charge in [-0.25, -0.2) is 0 Å². The molecule has 0 atom stereocenters. The maximum absolute atomic E-state index is 7.51. The van der Waals surface area contributed by atoms with Crippen molar-refractivity contribution in [1.29, 1.82) is 5.26 Å². The Morgan fingerprint density at radius 2 is 1.24 bits per heavy atom. The van der Waals surface area contributed by atoms with E-state index in [1.165, 1.54) is 6.08 Å². The molecule has 6 N–H and O–H groups in total. The molecule has 0 saturated heterocycles. The second kappa shape index (κ2) is 17.5. The first-order chi connectivity index (χ1) is 8.26. The summed E-state index contributed by atoms with van der Waals surface area (Å²) in [6, 6.07) is 1.69. The summed E-state index contributed by atoms with van der Waals surface area (Å²) in [5.74, 6) is 0. The molecule has 5 heteroatoms. The van der Waals surface area contributed by atoms with E-state index >= 15 is 0 Å². The van der Waals surface area contributed by atoms with Crippen molar-refractivity contribution in [2.75, 3.05) is 39.3 Å². The number of nitriles is 1. The van der Waals surface area contributed by atoms with E-state index in [1.54, 1.807) is 6.07 Å². The third-order valence-corrected chi connectivity index (χ3v) is 2.13. The number of allylic oxidation sites excluding steroid dienone is 1. The Bertz CT molecular complexity index is 169. The highest BCUT2D eigenvalue weighted by molar-refractivity contribution is 4.93. The average molecular weight is 241 g/mol. The van der Waals surface area contributed by atoms with Gasteiger partial charge in [0, 0.05) is 6.08 Å². The number of nitrogens with two attached hydrogens (primary N) is 3. The molecule has 0 aromatic carbocycles. The highest BCUT2D eigenvalue weighted by atomic mass is 15.1. The Morgan fingerprint density at radius 3 is 1.41 bits per heavy atom. The standard InChI is InChI=1S/C9H24N4.C3H3N/c10-4-1-7-13(8-2-5-11)9-3-6-12;1-2-3-4/h1-12H2;2H,1H2. The van der Waals surface area contributed by atoms with Crippen LogP contribution in [-0.4, -0.2) is 44.2 Å². The van der Waals surface area contributed by atoms with Gasteiger partial charge >= 0.3 is 0 Å². The summed E-state index contributed by atoms with van der Waals surface area (Å²) in [6.45, 7) is 8.65. The lowest BCUT2D eigenvalue weighted by Gasteiger charge is -2.21. The fourth-order valence-electron chi connectivity index (χ4n) is 1.28. The molecule has 0 aromatic heterocycles. The maximum atomic E-state index is 7.51. The van der Waals surface area contributed by atoms with Crippen molar-refractivity contribution in [3.05, 3.63) is 12.7 Å². The highest BCUT2D eigenvalue weighted by Crippen LogP contribution is 1.94. The summed E-state index contributed by atoms with van der Waals surface area (Å²) < 4.78 is 0. The van der Waals surface area contributed by atoms with Crippen molar-refractivity contribution in [3.8, 4) is 6.07 Å². The zero-order valence-corrected chi connectivity index (χ0v) is 10.8. The van der Waals surface area contributed by atoms with E-state index in [9.17, 15) is 0 Å². The van der Waals surface area contributed by atoms with Gasteiger partial charge < -0.3 is 22.1 Å². The van der Waals surface area contributed by atoms with Crippen molar-refractivity contribution in [2.45, 2.75) is 19.3 Å². The minimum absolute atomic E-state index is 0.766. The molecule has 0 heterocycles. The number of rotatable bonds is 9. The molecule has 0 aromatic rings. The molecule has 0 aliphatic carbocycles. The molecular formula is C12H27N5. The van der Waals surface area contributed by atoms with Gasteiger partial charge in [-0.15, -0.1) is 0 Å². The lowest BCUT2D eigenvalue weighted by molar-refractivity contribution is 0.268. The summed E-state index contributed by atoms with van der Waals surface area (Å²) in [6.07, 6.45) is 4.37. The van der Waals surface area contributed by atoms with Crippen LogP contribution in [0.15, 0.2) is 12.7 Å². The fraction of sp³-hybridized carbons (Fsp3) is 0.750. The minimum Gasteiger partial charge on any atom is -0.330 e. The normalized spacial score (nSPS) is 9.35. The molecule has 0 rings (SSSR count). The van der Waals surface area contributed by atoms with Gasteiger partial charge in [0.25, 0.3) is 0 Å². The molecule has 0 bridgehead atoms. The van der Waals surface area contributed by atoms with Crippen LogP contribution in [0, 0.1) is 11.3 Å². The Balaban J connectivity index is 0. The number of hydrogen-bond donors (Lipinski definition) is 3. The van der Waals surface area contributed by atoms with Crippen LogP contribution in [0.5, 0.6) is 0 Å². The van der Waals surface area contributed by atoms with Crippen molar-refractivity contribution in [3.63, 3.8) is 0 Å². The Morgan fingerprint density at radius 1 is 0.941 bits per heavy atom. The van der Waals surface area contributed by atoms with Crippen molar-refractivity contribution in [1.82, 2.24) is 4.90 Å². The van der Waals surface area contributed by atoms with Crippen molar-refractivity contribution >= 4 is 0 Å². The topological polar surface area (TPSA) is 105 Å². The van der Waals surface area contributed by atoms with Gasteiger partial charge in [-0.05, 0) is 58.5 Å². The van der Waals surface area contributed by atoms with E-state index in [4.69, 9.17) is 22.5 Å². The van der Waals surface area contributed by atoms with Crippen LogP contribution in [0.1, 0.15) is 19.3 Å². The number of nitrogens with zero attached hydrogens (tertiary/aromatic N) is 2. The van der Waals surface area contributed by atoms with Gasteiger partial charge in [-0.3, -0.25) is 0 Å². The van der Waals surface area contributed by atoms with Crippen LogP contribution < -0.4 is 17.2 Å². The first kappa shape index (κ1) is 18.4. The maximum Gasteiger partial charge on any atom is 0.0905 e. The summed E-state index contributed by atoms with van der Waals surface area (Å²) in [7, 11) is 0. The first-order valence-corrected chi connectivity index (χ1v) is 6.09.